The van der Waals surface area contributed by atoms with Gasteiger partial charge in [-0.25, -0.2) is 12.7 Å². The Kier molecular flexibility index (Phi) is 6.79. The lowest BCUT2D eigenvalue weighted by Crippen LogP contribution is -2.22. The number of carbonyl (C=O) groups excluding carboxylic acids is 1. The van der Waals surface area contributed by atoms with E-state index in [2.05, 4.69) is 29.3 Å². The molecule has 1 aliphatic carbocycles. The fourth-order valence-electron chi connectivity index (χ4n) is 4.76. The van der Waals surface area contributed by atoms with Crippen LogP contribution in [-0.4, -0.2) is 63.2 Å². The fraction of sp³-hybridized carbons (Fsp3) is 0.480. The molecule has 1 aliphatic heterocycles. The molecule has 0 fully saturated rings. The predicted octanol–water partition coefficient (Wildman–Crippen LogP) is 3.52. The summed E-state index contributed by atoms with van der Waals surface area (Å²) in [6, 6.07) is 4.82. The minimum Gasteiger partial charge on any atom is -0.358 e. The van der Waals surface area contributed by atoms with Crippen LogP contribution < -0.4 is 5.32 Å². The van der Waals surface area contributed by atoms with E-state index in [4.69, 9.17) is 0 Å². The zero-order chi connectivity index (χ0) is 23.8. The van der Waals surface area contributed by atoms with Crippen molar-refractivity contribution in [3.63, 3.8) is 0 Å². The maximum absolute atomic E-state index is 12.9. The van der Waals surface area contributed by atoms with E-state index in [1.54, 1.807) is 18.2 Å². The largest absolute Gasteiger partial charge is 0.358 e. The van der Waals surface area contributed by atoms with E-state index in [-0.39, 0.29) is 10.8 Å². The number of fused-ring (bicyclic) bond motifs is 2. The van der Waals surface area contributed by atoms with Gasteiger partial charge in [0, 0.05) is 36.7 Å². The summed E-state index contributed by atoms with van der Waals surface area (Å²) >= 11 is 0. The molecule has 0 saturated heterocycles. The third-order valence-corrected chi connectivity index (χ3v) is 8.38. The van der Waals surface area contributed by atoms with E-state index < -0.39 is 10.0 Å². The SMILES string of the molecule is CN(C)CCCc1c(C=C2C(=O)Nc3ccc(S(=O)(=O)N(C)C)cc32)[nH]c2c1CCCCC2. The van der Waals surface area contributed by atoms with E-state index in [1.165, 1.54) is 54.5 Å². The van der Waals surface area contributed by atoms with Crippen molar-refractivity contribution in [2.45, 2.75) is 49.8 Å². The smallest absolute Gasteiger partial charge is 0.256 e. The second-order valence-electron chi connectivity index (χ2n) is 9.45. The lowest BCUT2D eigenvalue weighted by Gasteiger charge is -2.12. The summed E-state index contributed by atoms with van der Waals surface area (Å²) in [5, 5.41) is 2.89. The Morgan fingerprint density at radius 1 is 1.06 bits per heavy atom. The standard InChI is InChI=1S/C25H34N4O3S/c1-28(2)14-8-10-19-18-9-6-5-7-11-22(18)26-24(19)16-21-20-15-17(33(31,32)29(3)4)12-13-23(20)27-25(21)30/h12-13,15-16,26H,5-11,14H2,1-4H3,(H,27,30). The molecule has 178 valence electrons. The number of carbonyl (C=O) groups is 1. The van der Waals surface area contributed by atoms with E-state index in [9.17, 15) is 13.2 Å². The lowest BCUT2D eigenvalue weighted by atomic mass is 9.98. The van der Waals surface area contributed by atoms with E-state index in [0.29, 0.717) is 16.8 Å². The number of hydrogen-bond donors (Lipinski definition) is 2. The van der Waals surface area contributed by atoms with Gasteiger partial charge in [-0.15, -0.1) is 0 Å². The molecule has 2 N–H and O–H groups in total. The number of aromatic amines is 1. The number of sulfonamides is 1. The third kappa shape index (κ3) is 4.78. The van der Waals surface area contributed by atoms with Gasteiger partial charge in [-0.3, -0.25) is 4.79 Å². The molecule has 0 unspecified atom stereocenters. The van der Waals surface area contributed by atoms with Gasteiger partial charge in [0.1, 0.15) is 0 Å². The minimum absolute atomic E-state index is 0.183. The first kappa shape index (κ1) is 23.7. The fourth-order valence-corrected chi connectivity index (χ4v) is 5.69. The summed E-state index contributed by atoms with van der Waals surface area (Å²) in [5.41, 5.74) is 6.78. The summed E-state index contributed by atoms with van der Waals surface area (Å²) < 4.78 is 26.5. The van der Waals surface area contributed by atoms with Crippen molar-refractivity contribution in [1.82, 2.24) is 14.2 Å². The average Bonchev–Trinajstić information content (AvgIpc) is 3.13. The molecule has 1 amide bonds. The lowest BCUT2D eigenvalue weighted by molar-refractivity contribution is -0.110. The predicted molar refractivity (Wildman–Crippen MR) is 133 cm³/mol. The van der Waals surface area contributed by atoms with Gasteiger partial charge < -0.3 is 15.2 Å². The molecule has 0 radical (unpaired) electrons. The number of H-pyrrole nitrogens is 1. The van der Waals surface area contributed by atoms with Gasteiger partial charge in [0.25, 0.3) is 5.91 Å². The highest BCUT2D eigenvalue weighted by Gasteiger charge is 2.28. The van der Waals surface area contributed by atoms with Crippen LogP contribution in [0.3, 0.4) is 0 Å². The van der Waals surface area contributed by atoms with Gasteiger partial charge in [-0.2, -0.15) is 0 Å². The van der Waals surface area contributed by atoms with Crippen LogP contribution in [0.25, 0.3) is 11.6 Å². The van der Waals surface area contributed by atoms with Gasteiger partial charge in [-0.05, 0) is 94.6 Å². The number of nitrogens with one attached hydrogen (secondary N) is 2. The number of benzene rings is 1. The second-order valence-corrected chi connectivity index (χ2v) is 11.6. The van der Waals surface area contributed by atoms with Crippen molar-refractivity contribution in [2.24, 2.45) is 0 Å². The maximum Gasteiger partial charge on any atom is 0.256 e. The Bertz CT molecular complexity index is 1190. The molecule has 7 nitrogen and oxygen atoms in total. The summed E-state index contributed by atoms with van der Waals surface area (Å²) in [6.07, 6.45) is 9.63. The van der Waals surface area contributed by atoms with Gasteiger partial charge in [-0.1, -0.05) is 6.42 Å². The zero-order valence-corrected chi connectivity index (χ0v) is 20.8. The number of aryl methyl sites for hydroxylation is 1. The molecule has 0 spiro atoms. The average molecular weight is 471 g/mol. The van der Waals surface area contributed by atoms with Gasteiger partial charge in [0.2, 0.25) is 10.0 Å². The van der Waals surface area contributed by atoms with Gasteiger partial charge in [0.05, 0.1) is 10.5 Å². The van der Waals surface area contributed by atoms with Crippen molar-refractivity contribution in [2.75, 3.05) is 40.1 Å². The number of amides is 1. The first-order valence-electron chi connectivity index (χ1n) is 11.7. The summed E-state index contributed by atoms with van der Waals surface area (Å²) in [4.78, 5) is 18.9. The molecule has 2 aliphatic rings. The molecular formula is C25H34N4O3S. The molecule has 1 aromatic carbocycles. The maximum atomic E-state index is 12.9. The molecule has 1 aromatic heterocycles. The highest BCUT2D eigenvalue weighted by Crippen LogP contribution is 2.37. The van der Waals surface area contributed by atoms with Crippen LogP contribution in [-0.2, 0) is 34.1 Å². The van der Waals surface area contributed by atoms with Crippen molar-refractivity contribution >= 4 is 33.3 Å². The minimum atomic E-state index is -3.59. The van der Waals surface area contributed by atoms with Crippen LogP contribution in [0.2, 0.25) is 0 Å². The number of hydrogen-bond acceptors (Lipinski definition) is 4. The van der Waals surface area contributed by atoms with Crippen LogP contribution in [0.4, 0.5) is 5.69 Å². The zero-order valence-electron chi connectivity index (χ0n) is 20.0. The first-order chi connectivity index (χ1) is 15.7. The summed E-state index contributed by atoms with van der Waals surface area (Å²) in [7, 11) is 3.59. The molecule has 0 bridgehead atoms. The highest BCUT2D eigenvalue weighted by molar-refractivity contribution is 7.89. The Morgan fingerprint density at radius 3 is 2.55 bits per heavy atom. The van der Waals surface area contributed by atoms with E-state index in [0.717, 1.165) is 37.9 Å². The molecule has 33 heavy (non-hydrogen) atoms. The van der Waals surface area contributed by atoms with Crippen LogP contribution in [0, 0.1) is 0 Å². The monoisotopic (exact) mass is 470 g/mol. The molecule has 4 rings (SSSR count). The number of nitrogens with zero attached hydrogens (tertiary/aromatic N) is 2. The van der Waals surface area contributed by atoms with Crippen LogP contribution >= 0.6 is 0 Å². The van der Waals surface area contributed by atoms with E-state index >= 15 is 0 Å². The van der Waals surface area contributed by atoms with Crippen molar-refractivity contribution < 1.29 is 13.2 Å². The molecule has 8 heteroatoms. The van der Waals surface area contributed by atoms with Crippen molar-refractivity contribution in [3.8, 4) is 0 Å². The van der Waals surface area contributed by atoms with Gasteiger partial charge >= 0.3 is 0 Å². The van der Waals surface area contributed by atoms with Crippen LogP contribution in [0.5, 0.6) is 0 Å². The van der Waals surface area contributed by atoms with Crippen molar-refractivity contribution in [1.29, 1.82) is 0 Å². The molecular weight excluding hydrogens is 436 g/mol. The van der Waals surface area contributed by atoms with E-state index in [1.807, 2.05) is 6.08 Å². The van der Waals surface area contributed by atoms with Crippen LogP contribution in [0.15, 0.2) is 23.1 Å². The molecule has 2 aromatic rings. The number of aromatic nitrogens is 1. The third-order valence-electron chi connectivity index (χ3n) is 6.57. The quantitative estimate of drug-likeness (QED) is 0.479. The number of anilines is 1. The highest BCUT2D eigenvalue weighted by atomic mass is 32.2. The normalized spacial score (nSPS) is 17.4. The van der Waals surface area contributed by atoms with Gasteiger partial charge in [0.15, 0.2) is 0 Å². The Hall–Kier alpha value is -2.42. The molecule has 0 atom stereocenters. The van der Waals surface area contributed by atoms with Crippen LogP contribution in [0.1, 0.15) is 53.8 Å². The Morgan fingerprint density at radius 2 is 1.82 bits per heavy atom. The summed E-state index contributed by atoms with van der Waals surface area (Å²) in [6.45, 7) is 1.00. The number of rotatable bonds is 7. The second kappa shape index (κ2) is 9.44. The Labute approximate surface area is 196 Å². The first-order valence-corrected chi connectivity index (χ1v) is 13.1. The topological polar surface area (TPSA) is 85.5 Å². The molecule has 0 saturated carbocycles. The van der Waals surface area contributed by atoms with Crippen molar-refractivity contribution in [3.05, 3.63) is 46.3 Å². The Balaban J connectivity index is 1.77. The molecule has 2 heterocycles. The summed E-state index contributed by atoms with van der Waals surface area (Å²) in [5.74, 6) is -0.201.